The Labute approximate surface area is 129 Å². The molecule has 0 aliphatic heterocycles. The number of carboxylic acid groups (broad SMARTS) is 1. The summed E-state index contributed by atoms with van der Waals surface area (Å²) in [7, 11) is 0. The summed E-state index contributed by atoms with van der Waals surface area (Å²) >= 11 is 1.85. The van der Waals surface area contributed by atoms with E-state index in [9.17, 15) is 4.79 Å². The standard InChI is InChI=1S/C16H22N2O2S/c1-10(2)15-17-13-7-12(16(19)20)5-6-14(13)18(15)8-11(3)9-21-4/h5-7,10-11H,8-9H2,1-4H3,(H,19,20). The lowest BCUT2D eigenvalue weighted by atomic mass is 10.1. The molecule has 0 radical (unpaired) electrons. The number of rotatable bonds is 6. The molecule has 1 atom stereocenters. The zero-order valence-electron chi connectivity index (χ0n) is 13.0. The molecule has 0 spiro atoms. The van der Waals surface area contributed by atoms with Gasteiger partial charge in [0.05, 0.1) is 16.6 Å². The average molecular weight is 306 g/mol. The van der Waals surface area contributed by atoms with E-state index in [0.29, 0.717) is 17.4 Å². The number of nitrogens with zero attached hydrogens (tertiary/aromatic N) is 2. The van der Waals surface area contributed by atoms with Gasteiger partial charge in [0, 0.05) is 12.5 Å². The summed E-state index contributed by atoms with van der Waals surface area (Å²) in [5.41, 5.74) is 2.09. The van der Waals surface area contributed by atoms with E-state index in [1.807, 2.05) is 17.8 Å². The zero-order valence-corrected chi connectivity index (χ0v) is 13.8. The van der Waals surface area contributed by atoms with Crippen LogP contribution < -0.4 is 0 Å². The third-order valence-electron chi connectivity index (χ3n) is 3.49. The molecule has 5 heteroatoms. The largest absolute Gasteiger partial charge is 0.478 e. The molecule has 0 bridgehead atoms. The van der Waals surface area contributed by atoms with Gasteiger partial charge >= 0.3 is 5.97 Å². The van der Waals surface area contributed by atoms with Crippen LogP contribution in [0.25, 0.3) is 11.0 Å². The average Bonchev–Trinajstić information content (AvgIpc) is 2.77. The van der Waals surface area contributed by atoms with E-state index in [-0.39, 0.29) is 0 Å². The summed E-state index contributed by atoms with van der Waals surface area (Å²) in [4.78, 5) is 15.8. The molecule has 114 valence electrons. The monoisotopic (exact) mass is 306 g/mol. The molecule has 21 heavy (non-hydrogen) atoms. The predicted molar refractivity (Wildman–Crippen MR) is 88.3 cm³/mol. The number of carboxylic acids is 1. The van der Waals surface area contributed by atoms with Crippen molar-refractivity contribution in [3.63, 3.8) is 0 Å². The zero-order chi connectivity index (χ0) is 15.6. The number of fused-ring (bicyclic) bond motifs is 1. The SMILES string of the molecule is CSCC(C)Cn1c(C(C)C)nc2cc(C(=O)O)ccc21. The van der Waals surface area contributed by atoms with Gasteiger partial charge in [-0.05, 0) is 36.1 Å². The Kier molecular flexibility index (Phi) is 4.93. The third-order valence-corrected chi connectivity index (χ3v) is 4.39. The van der Waals surface area contributed by atoms with Crippen molar-refractivity contribution in [1.29, 1.82) is 0 Å². The van der Waals surface area contributed by atoms with E-state index in [2.05, 4.69) is 36.6 Å². The fourth-order valence-electron chi connectivity index (χ4n) is 2.56. The topological polar surface area (TPSA) is 55.1 Å². The number of aromatic nitrogens is 2. The first kappa shape index (κ1) is 15.9. The van der Waals surface area contributed by atoms with Crippen LogP contribution in [0.3, 0.4) is 0 Å². The van der Waals surface area contributed by atoms with E-state index in [1.165, 1.54) is 0 Å². The third kappa shape index (κ3) is 3.40. The van der Waals surface area contributed by atoms with Crippen LogP contribution in [0.5, 0.6) is 0 Å². The Balaban J connectivity index is 2.50. The Morgan fingerprint density at radius 3 is 2.67 bits per heavy atom. The van der Waals surface area contributed by atoms with Gasteiger partial charge < -0.3 is 9.67 Å². The lowest BCUT2D eigenvalue weighted by molar-refractivity contribution is 0.0697. The van der Waals surface area contributed by atoms with Gasteiger partial charge in [0.2, 0.25) is 0 Å². The van der Waals surface area contributed by atoms with Crippen LogP contribution in [0, 0.1) is 5.92 Å². The maximum Gasteiger partial charge on any atom is 0.335 e. The minimum Gasteiger partial charge on any atom is -0.478 e. The summed E-state index contributed by atoms with van der Waals surface area (Å²) in [6.45, 7) is 7.39. The van der Waals surface area contributed by atoms with Crippen LogP contribution in [-0.2, 0) is 6.54 Å². The van der Waals surface area contributed by atoms with Crippen molar-refractivity contribution in [2.45, 2.75) is 33.2 Å². The van der Waals surface area contributed by atoms with Gasteiger partial charge in [0.1, 0.15) is 5.82 Å². The molecule has 1 N–H and O–H groups in total. The highest BCUT2D eigenvalue weighted by atomic mass is 32.2. The molecular formula is C16H22N2O2S. The number of carbonyl (C=O) groups is 1. The Hall–Kier alpha value is -1.49. The summed E-state index contributed by atoms with van der Waals surface area (Å²) in [6, 6.07) is 5.20. The fourth-order valence-corrected chi connectivity index (χ4v) is 3.24. The maximum atomic E-state index is 11.1. The van der Waals surface area contributed by atoms with Gasteiger partial charge in [-0.25, -0.2) is 9.78 Å². The molecule has 0 aliphatic carbocycles. The second kappa shape index (κ2) is 6.52. The molecule has 0 saturated heterocycles. The van der Waals surface area contributed by atoms with Gasteiger partial charge in [-0.3, -0.25) is 0 Å². The van der Waals surface area contributed by atoms with Crippen molar-refractivity contribution in [3.05, 3.63) is 29.6 Å². The van der Waals surface area contributed by atoms with Crippen molar-refractivity contribution < 1.29 is 9.90 Å². The van der Waals surface area contributed by atoms with E-state index in [1.54, 1.807) is 12.1 Å². The van der Waals surface area contributed by atoms with Crippen molar-refractivity contribution >= 4 is 28.8 Å². The van der Waals surface area contributed by atoms with E-state index >= 15 is 0 Å². The minimum atomic E-state index is -0.909. The first-order valence-electron chi connectivity index (χ1n) is 7.16. The van der Waals surface area contributed by atoms with Crippen LogP contribution >= 0.6 is 11.8 Å². The molecule has 4 nitrogen and oxygen atoms in total. The van der Waals surface area contributed by atoms with E-state index in [4.69, 9.17) is 5.11 Å². The second-order valence-corrected chi connectivity index (χ2v) is 6.72. The van der Waals surface area contributed by atoms with E-state index in [0.717, 1.165) is 29.2 Å². The molecule has 0 fully saturated rings. The molecule has 0 amide bonds. The first-order valence-corrected chi connectivity index (χ1v) is 8.55. The van der Waals surface area contributed by atoms with Crippen molar-refractivity contribution in [2.75, 3.05) is 12.0 Å². The van der Waals surface area contributed by atoms with E-state index < -0.39 is 5.97 Å². The van der Waals surface area contributed by atoms with Gasteiger partial charge in [-0.15, -0.1) is 0 Å². The molecule has 0 aliphatic rings. The Morgan fingerprint density at radius 1 is 1.38 bits per heavy atom. The molecule has 1 aromatic carbocycles. The molecular weight excluding hydrogens is 284 g/mol. The summed E-state index contributed by atoms with van der Waals surface area (Å²) in [5, 5.41) is 9.11. The Morgan fingerprint density at radius 2 is 2.10 bits per heavy atom. The van der Waals surface area contributed by atoms with Crippen molar-refractivity contribution in [3.8, 4) is 0 Å². The summed E-state index contributed by atoms with van der Waals surface area (Å²) in [5.74, 6) is 2.08. The normalized spacial score (nSPS) is 13.0. The molecule has 1 aromatic heterocycles. The first-order chi connectivity index (χ1) is 9.93. The minimum absolute atomic E-state index is 0.291. The maximum absolute atomic E-state index is 11.1. The number of imidazole rings is 1. The molecule has 1 unspecified atom stereocenters. The summed E-state index contributed by atoms with van der Waals surface area (Å²) in [6.07, 6.45) is 2.12. The lowest BCUT2D eigenvalue weighted by Crippen LogP contribution is -2.13. The summed E-state index contributed by atoms with van der Waals surface area (Å²) < 4.78 is 2.24. The number of aromatic carboxylic acids is 1. The number of thioether (sulfide) groups is 1. The highest BCUT2D eigenvalue weighted by molar-refractivity contribution is 7.98. The van der Waals surface area contributed by atoms with Gasteiger partial charge in [0.25, 0.3) is 0 Å². The van der Waals surface area contributed by atoms with Gasteiger partial charge in [-0.1, -0.05) is 20.8 Å². The van der Waals surface area contributed by atoms with Crippen LogP contribution in [-0.4, -0.2) is 32.6 Å². The van der Waals surface area contributed by atoms with Crippen LogP contribution in [0.15, 0.2) is 18.2 Å². The smallest absolute Gasteiger partial charge is 0.335 e. The highest BCUT2D eigenvalue weighted by Gasteiger charge is 2.17. The van der Waals surface area contributed by atoms with Crippen LogP contribution in [0.1, 0.15) is 42.9 Å². The number of benzene rings is 1. The quantitative estimate of drug-likeness (QED) is 0.880. The molecule has 0 saturated carbocycles. The van der Waals surface area contributed by atoms with Gasteiger partial charge in [-0.2, -0.15) is 11.8 Å². The number of hydrogen-bond acceptors (Lipinski definition) is 3. The van der Waals surface area contributed by atoms with Crippen molar-refractivity contribution in [1.82, 2.24) is 9.55 Å². The van der Waals surface area contributed by atoms with Crippen LogP contribution in [0.4, 0.5) is 0 Å². The second-order valence-electron chi connectivity index (χ2n) is 5.80. The van der Waals surface area contributed by atoms with Crippen LogP contribution in [0.2, 0.25) is 0 Å². The van der Waals surface area contributed by atoms with Crippen molar-refractivity contribution in [2.24, 2.45) is 5.92 Å². The number of hydrogen-bond donors (Lipinski definition) is 1. The highest BCUT2D eigenvalue weighted by Crippen LogP contribution is 2.24. The molecule has 2 aromatic rings. The predicted octanol–water partition coefficient (Wildman–Crippen LogP) is 3.86. The fraction of sp³-hybridized carbons (Fsp3) is 0.500. The Bertz CT molecular complexity index is 649. The molecule has 2 rings (SSSR count). The van der Waals surface area contributed by atoms with Gasteiger partial charge in [0.15, 0.2) is 0 Å². The molecule has 1 heterocycles. The lowest BCUT2D eigenvalue weighted by Gasteiger charge is -2.16.